The zero-order valence-electron chi connectivity index (χ0n) is 20.2. The molecule has 1 amide bonds. The quantitative estimate of drug-likeness (QED) is 0.242. The fraction of sp³-hybridized carbons (Fsp3) is 0.172. The SMILES string of the molecule is Cc1ccc(N=C2S/C(=C/c3cn(Cc4ccc(Cl)c(Cl)c4)c4ccccc34)C(=O)N2C(C)C)cc1. The van der Waals surface area contributed by atoms with Crippen LogP contribution in [0.25, 0.3) is 17.0 Å². The molecule has 36 heavy (non-hydrogen) atoms. The van der Waals surface area contributed by atoms with Gasteiger partial charge in [-0.05, 0) is 74.5 Å². The minimum atomic E-state index is -0.0258. The van der Waals surface area contributed by atoms with Crippen molar-refractivity contribution in [3.8, 4) is 0 Å². The van der Waals surface area contributed by atoms with E-state index in [4.69, 9.17) is 28.2 Å². The van der Waals surface area contributed by atoms with E-state index in [-0.39, 0.29) is 11.9 Å². The molecule has 5 rings (SSSR count). The number of aromatic nitrogens is 1. The molecule has 1 fully saturated rings. The van der Waals surface area contributed by atoms with E-state index in [0.29, 0.717) is 26.7 Å². The summed E-state index contributed by atoms with van der Waals surface area (Å²) in [5, 5.41) is 2.86. The fourth-order valence-corrected chi connectivity index (χ4v) is 5.68. The molecule has 0 aliphatic carbocycles. The number of carbonyl (C=O) groups excluding carboxylic acids is 1. The van der Waals surface area contributed by atoms with Crippen LogP contribution in [-0.4, -0.2) is 26.6 Å². The van der Waals surface area contributed by atoms with Gasteiger partial charge in [-0.2, -0.15) is 0 Å². The molecule has 1 aliphatic rings. The second-order valence-electron chi connectivity index (χ2n) is 9.09. The normalized spacial score (nSPS) is 16.3. The number of halogens is 2. The third-order valence-electron chi connectivity index (χ3n) is 6.05. The molecule has 0 spiro atoms. The number of amides is 1. The van der Waals surface area contributed by atoms with Crippen LogP contribution < -0.4 is 0 Å². The van der Waals surface area contributed by atoms with Crippen LogP contribution in [0.2, 0.25) is 10.0 Å². The molecule has 0 N–H and O–H groups in total. The highest BCUT2D eigenvalue weighted by Crippen LogP contribution is 2.37. The van der Waals surface area contributed by atoms with Crippen molar-refractivity contribution >= 4 is 68.7 Å². The number of thioether (sulfide) groups is 1. The minimum absolute atomic E-state index is 0.00362. The molecule has 4 nitrogen and oxygen atoms in total. The van der Waals surface area contributed by atoms with Crippen LogP contribution in [0.5, 0.6) is 0 Å². The lowest BCUT2D eigenvalue weighted by Crippen LogP contribution is -2.35. The molecule has 0 unspecified atom stereocenters. The van der Waals surface area contributed by atoms with Crippen LogP contribution in [0.15, 0.2) is 82.8 Å². The number of benzene rings is 3. The first kappa shape index (κ1) is 24.7. The number of fused-ring (bicyclic) bond motifs is 1. The number of nitrogens with zero attached hydrogens (tertiary/aromatic N) is 3. The number of rotatable bonds is 5. The van der Waals surface area contributed by atoms with E-state index < -0.39 is 0 Å². The Bertz CT molecular complexity index is 1520. The van der Waals surface area contributed by atoms with Crippen molar-refractivity contribution in [3.05, 3.63) is 105 Å². The minimum Gasteiger partial charge on any atom is -0.342 e. The Morgan fingerprint density at radius 1 is 1.00 bits per heavy atom. The van der Waals surface area contributed by atoms with Gasteiger partial charge in [-0.25, -0.2) is 4.99 Å². The van der Waals surface area contributed by atoms with Crippen LogP contribution in [0, 0.1) is 6.92 Å². The van der Waals surface area contributed by atoms with Crippen molar-refractivity contribution in [1.29, 1.82) is 0 Å². The molecule has 0 atom stereocenters. The molecular weight excluding hydrogens is 509 g/mol. The Hall–Kier alpha value is -2.99. The van der Waals surface area contributed by atoms with Gasteiger partial charge >= 0.3 is 0 Å². The van der Waals surface area contributed by atoms with E-state index in [2.05, 4.69) is 22.9 Å². The van der Waals surface area contributed by atoms with Crippen molar-refractivity contribution in [3.63, 3.8) is 0 Å². The maximum absolute atomic E-state index is 13.4. The van der Waals surface area contributed by atoms with E-state index in [0.717, 1.165) is 27.7 Å². The Kier molecular flexibility index (Phi) is 6.98. The lowest BCUT2D eigenvalue weighted by molar-refractivity contribution is -0.123. The Morgan fingerprint density at radius 3 is 2.47 bits per heavy atom. The van der Waals surface area contributed by atoms with Gasteiger partial charge in [0.25, 0.3) is 5.91 Å². The van der Waals surface area contributed by atoms with Crippen molar-refractivity contribution in [1.82, 2.24) is 9.47 Å². The topological polar surface area (TPSA) is 37.6 Å². The van der Waals surface area contributed by atoms with E-state index in [1.165, 1.54) is 17.3 Å². The number of hydrogen-bond donors (Lipinski definition) is 0. The maximum atomic E-state index is 13.4. The summed E-state index contributed by atoms with van der Waals surface area (Å²) in [5.74, 6) is -0.0258. The molecule has 0 radical (unpaired) electrons. The highest BCUT2D eigenvalue weighted by Gasteiger charge is 2.35. The number of aliphatic imine (C=N–C) groups is 1. The summed E-state index contributed by atoms with van der Waals surface area (Å²) in [6, 6.07) is 21.9. The third kappa shape index (κ3) is 4.96. The lowest BCUT2D eigenvalue weighted by Gasteiger charge is -2.19. The molecule has 7 heteroatoms. The van der Waals surface area contributed by atoms with Crippen molar-refractivity contribution in [2.24, 2.45) is 4.99 Å². The zero-order valence-corrected chi connectivity index (χ0v) is 22.5. The van der Waals surface area contributed by atoms with Crippen LogP contribution >= 0.6 is 35.0 Å². The molecule has 4 aromatic rings. The van der Waals surface area contributed by atoms with E-state index >= 15 is 0 Å². The van der Waals surface area contributed by atoms with Crippen molar-refractivity contribution in [2.75, 3.05) is 0 Å². The van der Waals surface area contributed by atoms with Crippen LogP contribution in [0.1, 0.15) is 30.5 Å². The predicted octanol–water partition coefficient (Wildman–Crippen LogP) is 8.32. The highest BCUT2D eigenvalue weighted by atomic mass is 35.5. The molecular formula is C29H25Cl2N3OS. The second kappa shape index (κ2) is 10.2. The Balaban J connectivity index is 1.53. The number of amidine groups is 1. The van der Waals surface area contributed by atoms with Gasteiger partial charge in [0.2, 0.25) is 0 Å². The predicted molar refractivity (Wildman–Crippen MR) is 153 cm³/mol. The summed E-state index contributed by atoms with van der Waals surface area (Å²) in [4.78, 5) is 20.7. The van der Waals surface area contributed by atoms with Gasteiger partial charge in [0.1, 0.15) is 0 Å². The average molecular weight is 535 g/mol. The molecule has 1 saturated heterocycles. The largest absolute Gasteiger partial charge is 0.342 e. The first-order valence-electron chi connectivity index (χ1n) is 11.7. The van der Waals surface area contributed by atoms with Crippen LogP contribution in [-0.2, 0) is 11.3 Å². The number of carbonyl (C=O) groups is 1. The molecule has 182 valence electrons. The Morgan fingerprint density at radius 2 is 1.75 bits per heavy atom. The standard InChI is InChI=1S/C29H25Cl2N3OS/c1-18(2)34-28(35)27(36-29(34)32-22-11-8-19(3)9-12-22)15-21-17-33(26-7-5-4-6-23(21)26)16-20-10-13-24(30)25(31)14-20/h4-15,17-18H,16H2,1-3H3/b27-15+,32-29?. The fourth-order valence-electron chi connectivity index (χ4n) is 4.25. The van der Waals surface area contributed by atoms with E-state index in [1.54, 1.807) is 4.90 Å². The first-order chi connectivity index (χ1) is 17.3. The lowest BCUT2D eigenvalue weighted by atomic mass is 10.1. The zero-order chi connectivity index (χ0) is 25.4. The summed E-state index contributed by atoms with van der Waals surface area (Å²) >= 11 is 13.8. The second-order valence-corrected chi connectivity index (χ2v) is 10.9. The third-order valence-corrected chi connectivity index (χ3v) is 7.78. The van der Waals surface area contributed by atoms with Crippen LogP contribution in [0.3, 0.4) is 0 Å². The summed E-state index contributed by atoms with van der Waals surface area (Å²) in [6.45, 7) is 6.70. The molecule has 2 heterocycles. The van der Waals surface area contributed by atoms with Gasteiger partial charge < -0.3 is 4.57 Å². The number of hydrogen-bond acceptors (Lipinski definition) is 3. The number of para-hydroxylation sites is 1. The summed E-state index contributed by atoms with van der Waals surface area (Å²) in [6.07, 6.45) is 4.07. The van der Waals surface area contributed by atoms with Gasteiger partial charge in [-0.15, -0.1) is 0 Å². The average Bonchev–Trinajstić information content (AvgIpc) is 3.35. The van der Waals surface area contributed by atoms with Crippen LogP contribution in [0.4, 0.5) is 5.69 Å². The van der Waals surface area contributed by atoms with E-state index in [1.807, 2.05) is 81.4 Å². The van der Waals surface area contributed by atoms with Gasteiger partial charge in [-0.3, -0.25) is 9.69 Å². The maximum Gasteiger partial charge on any atom is 0.266 e. The molecule has 0 saturated carbocycles. The summed E-state index contributed by atoms with van der Waals surface area (Å²) in [7, 11) is 0. The molecule has 1 aromatic heterocycles. The molecule has 3 aromatic carbocycles. The van der Waals surface area contributed by atoms with Gasteiger partial charge in [-0.1, -0.05) is 65.2 Å². The molecule has 1 aliphatic heterocycles. The van der Waals surface area contributed by atoms with E-state index in [9.17, 15) is 4.79 Å². The van der Waals surface area contributed by atoms with Gasteiger partial charge in [0.05, 0.1) is 20.6 Å². The summed E-state index contributed by atoms with van der Waals surface area (Å²) in [5.41, 5.74) is 5.13. The van der Waals surface area contributed by atoms with Gasteiger partial charge in [0.15, 0.2) is 5.17 Å². The van der Waals surface area contributed by atoms with Crippen molar-refractivity contribution in [2.45, 2.75) is 33.4 Å². The highest BCUT2D eigenvalue weighted by molar-refractivity contribution is 8.18. The van der Waals surface area contributed by atoms with Crippen molar-refractivity contribution < 1.29 is 4.79 Å². The summed E-state index contributed by atoms with van der Waals surface area (Å²) < 4.78 is 2.17. The monoisotopic (exact) mass is 533 g/mol. The number of aryl methyl sites for hydroxylation is 1. The van der Waals surface area contributed by atoms with Gasteiger partial charge in [0, 0.05) is 35.2 Å². The Labute approximate surface area is 225 Å². The first-order valence-corrected chi connectivity index (χ1v) is 13.3. The smallest absolute Gasteiger partial charge is 0.266 e. The molecule has 0 bridgehead atoms.